The molecule has 0 amide bonds. The zero-order chi connectivity index (χ0) is 10.6. The maximum absolute atomic E-state index is 5.55. The van der Waals surface area contributed by atoms with Crippen LogP contribution in [0.3, 0.4) is 0 Å². The van der Waals surface area contributed by atoms with E-state index in [2.05, 4.69) is 32.7 Å². The lowest BCUT2D eigenvalue weighted by molar-refractivity contribution is 0.316. The first-order valence-corrected chi connectivity index (χ1v) is 5.13. The van der Waals surface area contributed by atoms with Gasteiger partial charge in [0.05, 0.1) is 6.61 Å². The molecular formula is C12H19NO. The third-order valence-corrected chi connectivity index (χ3v) is 1.97. The van der Waals surface area contributed by atoms with Gasteiger partial charge in [-0.2, -0.15) is 0 Å². The number of nitrogens with zero attached hydrogens (tertiary/aromatic N) is 1. The molecule has 0 spiro atoms. The second kappa shape index (κ2) is 4.45. The zero-order valence-electron chi connectivity index (χ0n) is 9.50. The molecule has 78 valence electrons. The van der Waals surface area contributed by atoms with Crippen molar-refractivity contribution in [3.8, 4) is 5.75 Å². The second-order valence-corrected chi connectivity index (χ2v) is 4.48. The van der Waals surface area contributed by atoms with E-state index in [1.165, 1.54) is 0 Å². The number of pyridine rings is 1. The molecule has 0 bridgehead atoms. The first-order valence-electron chi connectivity index (χ1n) is 5.13. The summed E-state index contributed by atoms with van der Waals surface area (Å²) >= 11 is 0. The molecule has 0 fully saturated rings. The van der Waals surface area contributed by atoms with Crippen molar-refractivity contribution in [2.24, 2.45) is 0 Å². The molecule has 14 heavy (non-hydrogen) atoms. The summed E-state index contributed by atoms with van der Waals surface area (Å²) < 4.78 is 5.55. The largest absolute Gasteiger partial charge is 0.493 e. The summed E-state index contributed by atoms with van der Waals surface area (Å²) in [4.78, 5) is 4.34. The van der Waals surface area contributed by atoms with Crippen molar-refractivity contribution in [2.75, 3.05) is 6.61 Å². The van der Waals surface area contributed by atoms with Crippen LogP contribution in [-0.4, -0.2) is 11.6 Å². The summed E-state index contributed by atoms with van der Waals surface area (Å²) in [5.74, 6) is 0.923. The lowest BCUT2D eigenvalue weighted by Gasteiger charge is -2.18. The Hall–Kier alpha value is -1.05. The Morgan fingerprint density at radius 2 is 2.07 bits per heavy atom. The molecular weight excluding hydrogens is 174 g/mol. The van der Waals surface area contributed by atoms with Crippen LogP contribution >= 0.6 is 0 Å². The van der Waals surface area contributed by atoms with Gasteiger partial charge in [-0.1, -0.05) is 27.7 Å². The minimum atomic E-state index is 0.0889. The van der Waals surface area contributed by atoms with Crippen molar-refractivity contribution >= 4 is 0 Å². The minimum absolute atomic E-state index is 0.0889. The molecule has 0 aliphatic heterocycles. The molecule has 0 aliphatic rings. The predicted octanol–water partition coefficient (Wildman–Crippen LogP) is 3.17. The van der Waals surface area contributed by atoms with Crippen LogP contribution in [0, 0.1) is 0 Å². The summed E-state index contributed by atoms with van der Waals surface area (Å²) in [6.07, 6.45) is 2.85. The zero-order valence-corrected chi connectivity index (χ0v) is 9.50. The smallest absolute Gasteiger partial charge is 0.122 e. The van der Waals surface area contributed by atoms with Crippen molar-refractivity contribution in [2.45, 2.75) is 39.5 Å². The standard InChI is InChI=1S/C12H19NO/c1-5-8-14-10-6-7-13-11(9-10)12(2,3)4/h6-7,9H,5,8H2,1-4H3. The van der Waals surface area contributed by atoms with Gasteiger partial charge in [-0.05, 0) is 12.5 Å². The quantitative estimate of drug-likeness (QED) is 0.735. The van der Waals surface area contributed by atoms with Crippen LogP contribution in [0.2, 0.25) is 0 Å². The van der Waals surface area contributed by atoms with Crippen LogP contribution in [-0.2, 0) is 5.41 Å². The number of aromatic nitrogens is 1. The van der Waals surface area contributed by atoms with Gasteiger partial charge in [0.2, 0.25) is 0 Å². The molecule has 1 rings (SSSR count). The van der Waals surface area contributed by atoms with Gasteiger partial charge in [-0.15, -0.1) is 0 Å². The lowest BCUT2D eigenvalue weighted by Crippen LogP contribution is -2.13. The molecule has 0 radical (unpaired) electrons. The summed E-state index contributed by atoms with van der Waals surface area (Å²) in [5, 5.41) is 0. The topological polar surface area (TPSA) is 22.1 Å². The monoisotopic (exact) mass is 193 g/mol. The van der Waals surface area contributed by atoms with Crippen LogP contribution < -0.4 is 4.74 Å². The summed E-state index contributed by atoms with van der Waals surface area (Å²) in [7, 11) is 0. The molecule has 0 unspecified atom stereocenters. The Morgan fingerprint density at radius 3 is 2.64 bits per heavy atom. The van der Waals surface area contributed by atoms with E-state index < -0.39 is 0 Å². The van der Waals surface area contributed by atoms with Crippen LogP contribution in [0.1, 0.15) is 39.8 Å². The van der Waals surface area contributed by atoms with Crippen molar-refractivity contribution in [3.05, 3.63) is 24.0 Å². The molecule has 0 aliphatic carbocycles. The Labute approximate surface area is 86.3 Å². The van der Waals surface area contributed by atoms with E-state index in [1.807, 2.05) is 18.3 Å². The maximum Gasteiger partial charge on any atom is 0.122 e. The number of hydrogen-bond donors (Lipinski definition) is 0. The molecule has 1 aromatic rings. The van der Waals surface area contributed by atoms with E-state index in [-0.39, 0.29) is 5.41 Å². The molecule has 0 saturated heterocycles. The second-order valence-electron chi connectivity index (χ2n) is 4.48. The molecule has 0 atom stereocenters. The minimum Gasteiger partial charge on any atom is -0.493 e. The number of rotatable bonds is 3. The summed E-state index contributed by atoms with van der Waals surface area (Å²) in [6.45, 7) is 9.33. The molecule has 1 heterocycles. The SMILES string of the molecule is CCCOc1ccnc(C(C)(C)C)c1. The molecule has 2 nitrogen and oxygen atoms in total. The van der Waals surface area contributed by atoms with Gasteiger partial charge in [-0.25, -0.2) is 0 Å². The van der Waals surface area contributed by atoms with Crippen molar-refractivity contribution < 1.29 is 4.74 Å². The molecule has 2 heteroatoms. The highest BCUT2D eigenvalue weighted by Gasteiger charge is 2.15. The third kappa shape index (κ3) is 3.02. The highest BCUT2D eigenvalue weighted by atomic mass is 16.5. The van der Waals surface area contributed by atoms with Gasteiger partial charge < -0.3 is 4.74 Å². The van der Waals surface area contributed by atoms with Gasteiger partial charge in [0.15, 0.2) is 0 Å². The van der Waals surface area contributed by atoms with Crippen LogP contribution in [0.4, 0.5) is 0 Å². The van der Waals surface area contributed by atoms with Gasteiger partial charge >= 0.3 is 0 Å². The first kappa shape index (κ1) is 11.0. The Kier molecular flexibility index (Phi) is 3.50. The van der Waals surface area contributed by atoms with Crippen LogP contribution in [0.25, 0.3) is 0 Å². The van der Waals surface area contributed by atoms with Gasteiger partial charge in [0, 0.05) is 23.4 Å². The van der Waals surface area contributed by atoms with E-state index in [1.54, 1.807) is 0 Å². The Balaban J connectivity index is 2.79. The van der Waals surface area contributed by atoms with E-state index in [0.717, 1.165) is 24.5 Å². The van der Waals surface area contributed by atoms with Crippen LogP contribution in [0.5, 0.6) is 5.75 Å². The van der Waals surface area contributed by atoms with Crippen molar-refractivity contribution in [1.82, 2.24) is 4.98 Å². The Bertz CT molecular complexity index is 289. The number of hydrogen-bond acceptors (Lipinski definition) is 2. The van der Waals surface area contributed by atoms with Gasteiger partial charge in [-0.3, -0.25) is 4.98 Å². The van der Waals surface area contributed by atoms with E-state index in [9.17, 15) is 0 Å². The van der Waals surface area contributed by atoms with Crippen molar-refractivity contribution in [1.29, 1.82) is 0 Å². The molecule has 0 saturated carbocycles. The molecule has 1 aromatic heterocycles. The third-order valence-electron chi connectivity index (χ3n) is 1.97. The summed E-state index contributed by atoms with van der Waals surface area (Å²) in [5.41, 5.74) is 1.16. The normalized spacial score (nSPS) is 11.4. The highest BCUT2D eigenvalue weighted by molar-refractivity contribution is 5.26. The fraction of sp³-hybridized carbons (Fsp3) is 0.583. The molecule has 0 N–H and O–H groups in total. The van der Waals surface area contributed by atoms with Crippen LogP contribution in [0.15, 0.2) is 18.3 Å². The Morgan fingerprint density at radius 1 is 1.36 bits per heavy atom. The average molecular weight is 193 g/mol. The van der Waals surface area contributed by atoms with Crippen molar-refractivity contribution in [3.63, 3.8) is 0 Å². The first-order chi connectivity index (χ1) is 6.54. The van der Waals surface area contributed by atoms with Gasteiger partial charge in [0.25, 0.3) is 0 Å². The highest BCUT2D eigenvalue weighted by Crippen LogP contribution is 2.23. The molecule has 0 aromatic carbocycles. The lowest BCUT2D eigenvalue weighted by atomic mass is 9.92. The average Bonchev–Trinajstić information content (AvgIpc) is 2.14. The van der Waals surface area contributed by atoms with E-state index >= 15 is 0 Å². The predicted molar refractivity (Wildman–Crippen MR) is 58.7 cm³/mol. The fourth-order valence-electron chi connectivity index (χ4n) is 1.13. The van der Waals surface area contributed by atoms with Gasteiger partial charge in [0.1, 0.15) is 5.75 Å². The number of ether oxygens (including phenoxy) is 1. The summed E-state index contributed by atoms with van der Waals surface area (Å²) in [6, 6.07) is 3.93. The van der Waals surface area contributed by atoms with E-state index in [4.69, 9.17) is 4.74 Å². The maximum atomic E-state index is 5.55. The van der Waals surface area contributed by atoms with E-state index in [0.29, 0.717) is 0 Å². The fourth-order valence-corrected chi connectivity index (χ4v) is 1.13.